The van der Waals surface area contributed by atoms with Crippen LogP contribution in [0, 0.1) is 11.3 Å². The maximum Gasteiger partial charge on any atom is 0.307 e. The zero-order valence-electron chi connectivity index (χ0n) is 13.5. The number of carbonyl (C=O) groups is 2. The highest BCUT2D eigenvalue weighted by atomic mass is 16.5. The van der Waals surface area contributed by atoms with E-state index in [-0.39, 0.29) is 17.2 Å². The summed E-state index contributed by atoms with van der Waals surface area (Å²) in [6, 6.07) is 5.32. The van der Waals surface area contributed by atoms with Gasteiger partial charge >= 0.3 is 5.97 Å². The van der Waals surface area contributed by atoms with Crippen LogP contribution in [0.2, 0.25) is 0 Å². The van der Waals surface area contributed by atoms with Crippen molar-refractivity contribution in [3.8, 4) is 11.5 Å². The summed E-state index contributed by atoms with van der Waals surface area (Å²) >= 11 is 0. The van der Waals surface area contributed by atoms with Crippen LogP contribution in [-0.4, -0.2) is 48.2 Å². The Bertz CT molecular complexity index is 678. The summed E-state index contributed by atoms with van der Waals surface area (Å²) < 4.78 is 11.2. The molecule has 1 atom stereocenters. The van der Waals surface area contributed by atoms with Gasteiger partial charge in [0.1, 0.15) is 0 Å². The average Bonchev–Trinajstić information content (AvgIpc) is 3.33. The van der Waals surface area contributed by atoms with Crippen LogP contribution >= 0.6 is 0 Å². The van der Waals surface area contributed by atoms with Crippen LogP contribution < -0.4 is 9.47 Å². The largest absolute Gasteiger partial charge is 0.490 e. The van der Waals surface area contributed by atoms with Gasteiger partial charge in [0.15, 0.2) is 11.5 Å². The van der Waals surface area contributed by atoms with Crippen LogP contribution in [0.1, 0.15) is 36.0 Å². The fourth-order valence-corrected chi connectivity index (χ4v) is 3.88. The molecule has 0 aromatic heterocycles. The van der Waals surface area contributed by atoms with Crippen molar-refractivity contribution in [1.29, 1.82) is 0 Å². The quantitative estimate of drug-likeness (QED) is 0.899. The molecular weight excluding hydrogens is 310 g/mol. The van der Waals surface area contributed by atoms with E-state index in [1.54, 1.807) is 18.2 Å². The molecule has 1 aromatic rings. The van der Waals surface area contributed by atoms with Gasteiger partial charge in [-0.15, -0.1) is 0 Å². The fraction of sp³-hybridized carbons (Fsp3) is 0.556. The number of benzene rings is 1. The van der Waals surface area contributed by atoms with Crippen LogP contribution in [0.5, 0.6) is 11.5 Å². The van der Waals surface area contributed by atoms with Crippen LogP contribution in [0.15, 0.2) is 18.2 Å². The number of ether oxygens (including phenoxy) is 2. The maximum absolute atomic E-state index is 12.7. The molecule has 6 nitrogen and oxygen atoms in total. The van der Waals surface area contributed by atoms with Crippen molar-refractivity contribution in [2.75, 3.05) is 26.3 Å². The third-order valence-electron chi connectivity index (χ3n) is 5.53. The van der Waals surface area contributed by atoms with Gasteiger partial charge in [0, 0.05) is 25.1 Å². The molecular formula is C18H21NO5. The highest BCUT2D eigenvalue weighted by Gasteiger charge is 2.59. The molecule has 6 heteroatoms. The van der Waals surface area contributed by atoms with E-state index in [0.29, 0.717) is 43.4 Å². The third-order valence-corrected chi connectivity index (χ3v) is 5.53. The molecule has 24 heavy (non-hydrogen) atoms. The molecule has 1 aliphatic carbocycles. The molecule has 2 aliphatic heterocycles. The lowest BCUT2D eigenvalue weighted by atomic mass is 9.90. The molecule has 4 rings (SSSR count). The highest BCUT2D eigenvalue weighted by Crippen LogP contribution is 2.59. The summed E-state index contributed by atoms with van der Waals surface area (Å²) in [4.78, 5) is 25.7. The molecule has 1 unspecified atom stereocenters. The van der Waals surface area contributed by atoms with Gasteiger partial charge in [-0.1, -0.05) is 0 Å². The number of rotatable bonds is 2. The van der Waals surface area contributed by atoms with Crippen molar-refractivity contribution >= 4 is 11.9 Å². The Labute approximate surface area is 140 Å². The van der Waals surface area contributed by atoms with Gasteiger partial charge in [-0.25, -0.2) is 0 Å². The Morgan fingerprint density at radius 3 is 2.50 bits per heavy atom. The van der Waals surface area contributed by atoms with Gasteiger partial charge in [0.2, 0.25) is 0 Å². The minimum absolute atomic E-state index is 0.0204. The van der Waals surface area contributed by atoms with E-state index in [4.69, 9.17) is 14.6 Å². The molecule has 2 heterocycles. The molecule has 1 saturated heterocycles. The molecule has 1 spiro atoms. The number of carboxylic acids is 1. The first-order valence-electron chi connectivity index (χ1n) is 8.51. The minimum atomic E-state index is -0.697. The number of carboxylic acid groups (broad SMARTS) is 1. The summed E-state index contributed by atoms with van der Waals surface area (Å²) in [6.07, 6.45) is 3.14. The third kappa shape index (κ3) is 2.60. The summed E-state index contributed by atoms with van der Waals surface area (Å²) in [7, 11) is 0. The Hall–Kier alpha value is -2.24. The summed E-state index contributed by atoms with van der Waals surface area (Å²) in [5, 5.41) is 9.15. The smallest absolute Gasteiger partial charge is 0.307 e. The van der Waals surface area contributed by atoms with Crippen molar-refractivity contribution in [3.05, 3.63) is 23.8 Å². The fourth-order valence-electron chi connectivity index (χ4n) is 3.88. The molecule has 1 aromatic carbocycles. The lowest BCUT2D eigenvalue weighted by molar-refractivity contribution is -0.139. The molecule has 1 amide bonds. The number of nitrogens with zero attached hydrogens (tertiary/aromatic N) is 1. The zero-order valence-corrected chi connectivity index (χ0v) is 13.5. The first kappa shape index (κ1) is 15.3. The summed E-state index contributed by atoms with van der Waals surface area (Å²) in [6.45, 7) is 2.46. The number of hydrogen-bond donors (Lipinski definition) is 1. The number of aliphatic carboxylic acids is 1. The van der Waals surface area contributed by atoms with Crippen molar-refractivity contribution < 1.29 is 24.2 Å². The van der Waals surface area contributed by atoms with Gasteiger partial charge in [0.25, 0.3) is 5.91 Å². The Balaban J connectivity index is 1.44. The van der Waals surface area contributed by atoms with E-state index in [1.807, 2.05) is 4.90 Å². The van der Waals surface area contributed by atoms with Crippen molar-refractivity contribution in [2.24, 2.45) is 11.3 Å². The summed E-state index contributed by atoms with van der Waals surface area (Å²) in [5.74, 6) is 0.377. The number of carbonyl (C=O) groups excluding carboxylic acids is 1. The monoisotopic (exact) mass is 331 g/mol. The molecule has 3 aliphatic rings. The molecule has 1 saturated carbocycles. The van der Waals surface area contributed by atoms with Gasteiger partial charge in [-0.3, -0.25) is 9.59 Å². The number of amides is 1. The Kier molecular flexibility index (Phi) is 3.62. The first-order chi connectivity index (χ1) is 11.6. The van der Waals surface area contributed by atoms with Gasteiger partial charge in [-0.05, 0) is 42.9 Å². The number of fused-ring (bicyclic) bond motifs is 1. The van der Waals surface area contributed by atoms with E-state index < -0.39 is 5.97 Å². The van der Waals surface area contributed by atoms with Crippen LogP contribution in [0.3, 0.4) is 0 Å². The van der Waals surface area contributed by atoms with Crippen LogP contribution in [-0.2, 0) is 4.79 Å². The number of likely N-dealkylation sites (tertiary alicyclic amines) is 1. The molecule has 128 valence electrons. The second kappa shape index (κ2) is 5.69. The second-order valence-electron chi connectivity index (χ2n) is 6.96. The zero-order chi connectivity index (χ0) is 16.7. The molecule has 0 bridgehead atoms. The lowest BCUT2D eigenvalue weighted by Crippen LogP contribution is -2.40. The highest BCUT2D eigenvalue weighted by molar-refractivity contribution is 5.95. The Morgan fingerprint density at radius 2 is 1.83 bits per heavy atom. The first-order valence-corrected chi connectivity index (χ1v) is 8.51. The SMILES string of the molecule is O=C(O)C1CC12CCN(C(=O)c1ccc3c(c1)OCCCO3)CC2. The Morgan fingerprint density at radius 1 is 1.12 bits per heavy atom. The minimum Gasteiger partial charge on any atom is -0.490 e. The average molecular weight is 331 g/mol. The van der Waals surface area contributed by atoms with Crippen molar-refractivity contribution in [1.82, 2.24) is 4.90 Å². The molecule has 2 fully saturated rings. The van der Waals surface area contributed by atoms with Gasteiger partial charge in [0.05, 0.1) is 19.1 Å². The topological polar surface area (TPSA) is 76.1 Å². The summed E-state index contributed by atoms with van der Waals surface area (Å²) in [5.41, 5.74) is 0.536. The van der Waals surface area contributed by atoms with Crippen LogP contribution in [0.4, 0.5) is 0 Å². The van der Waals surface area contributed by atoms with Crippen LogP contribution in [0.25, 0.3) is 0 Å². The molecule has 1 N–H and O–H groups in total. The van der Waals surface area contributed by atoms with E-state index in [1.165, 1.54) is 0 Å². The second-order valence-corrected chi connectivity index (χ2v) is 6.96. The van der Waals surface area contributed by atoms with E-state index in [9.17, 15) is 9.59 Å². The normalized spacial score (nSPS) is 24.3. The number of hydrogen-bond acceptors (Lipinski definition) is 4. The van der Waals surface area contributed by atoms with E-state index in [2.05, 4.69) is 0 Å². The maximum atomic E-state index is 12.7. The van der Waals surface area contributed by atoms with Crippen molar-refractivity contribution in [2.45, 2.75) is 25.7 Å². The van der Waals surface area contributed by atoms with E-state index >= 15 is 0 Å². The standard InChI is InChI=1S/C18H21NO5/c20-16(12-2-3-14-15(10-12)24-9-1-8-23-14)19-6-4-18(5-7-19)11-13(18)17(21)22/h2-3,10,13H,1,4-9,11H2,(H,21,22). The predicted octanol–water partition coefficient (Wildman–Crippen LogP) is 2.17. The molecule has 0 radical (unpaired) electrons. The number of piperidine rings is 1. The van der Waals surface area contributed by atoms with Crippen molar-refractivity contribution in [3.63, 3.8) is 0 Å². The lowest BCUT2D eigenvalue weighted by Gasteiger charge is -2.32. The predicted molar refractivity (Wildman–Crippen MR) is 85.4 cm³/mol. The van der Waals surface area contributed by atoms with E-state index in [0.717, 1.165) is 25.7 Å². The van der Waals surface area contributed by atoms with Gasteiger partial charge in [-0.2, -0.15) is 0 Å². The van der Waals surface area contributed by atoms with Gasteiger partial charge < -0.3 is 19.5 Å².